The van der Waals surface area contributed by atoms with Crippen LogP contribution in [0.2, 0.25) is 5.02 Å². The predicted molar refractivity (Wildman–Crippen MR) is 116 cm³/mol. The number of fused-ring (bicyclic) bond motifs is 1. The highest BCUT2D eigenvalue weighted by Gasteiger charge is 2.21. The highest BCUT2D eigenvalue weighted by Crippen LogP contribution is 2.30. The smallest absolute Gasteiger partial charge is 0.241 e. The van der Waals surface area contributed by atoms with Crippen LogP contribution < -0.4 is 14.4 Å². The van der Waals surface area contributed by atoms with Crippen molar-refractivity contribution < 1.29 is 17.9 Å². The molecule has 8 heteroatoms. The van der Waals surface area contributed by atoms with Crippen LogP contribution in [0.15, 0.2) is 60.7 Å². The Kier molecular flexibility index (Phi) is 6.30. The lowest BCUT2D eigenvalue weighted by Crippen LogP contribution is -2.40. The van der Waals surface area contributed by atoms with Gasteiger partial charge in [-0.2, -0.15) is 0 Å². The Morgan fingerprint density at radius 3 is 2.45 bits per heavy atom. The van der Waals surface area contributed by atoms with E-state index in [-0.39, 0.29) is 11.6 Å². The third kappa shape index (κ3) is 5.19. The Labute approximate surface area is 175 Å². The monoisotopic (exact) mass is 432 g/mol. The molecular formula is C21H21ClN2O4S. The van der Waals surface area contributed by atoms with Crippen LogP contribution in [0.4, 0.5) is 5.69 Å². The SMILES string of the molecule is COc1ccc(N(CC(=O)NCc2ccc3ccccc3c2)S(C)(=O)=O)cc1Cl. The van der Waals surface area contributed by atoms with Crippen molar-refractivity contribution in [3.05, 3.63) is 71.2 Å². The second-order valence-corrected chi connectivity index (χ2v) is 8.86. The molecule has 0 aliphatic rings. The molecule has 1 amide bonds. The third-order valence-electron chi connectivity index (χ3n) is 4.41. The molecule has 0 radical (unpaired) electrons. The summed E-state index contributed by atoms with van der Waals surface area (Å²) in [6.45, 7) is -0.0558. The first kappa shape index (κ1) is 21.0. The van der Waals surface area contributed by atoms with Gasteiger partial charge in [-0.15, -0.1) is 0 Å². The normalized spacial score (nSPS) is 11.3. The molecule has 0 fully saturated rings. The van der Waals surface area contributed by atoms with E-state index in [1.807, 2.05) is 42.5 Å². The van der Waals surface area contributed by atoms with Gasteiger partial charge in [-0.1, -0.05) is 48.0 Å². The Balaban J connectivity index is 1.72. The van der Waals surface area contributed by atoms with E-state index in [1.54, 1.807) is 12.1 Å². The molecule has 3 aromatic carbocycles. The van der Waals surface area contributed by atoms with E-state index in [0.717, 1.165) is 26.9 Å². The maximum atomic E-state index is 12.4. The summed E-state index contributed by atoms with van der Waals surface area (Å²) in [4.78, 5) is 12.4. The molecular weight excluding hydrogens is 412 g/mol. The largest absolute Gasteiger partial charge is 0.495 e. The highest BCUT2D eigenvalue weighted by atomic mass is 35.5. The van der Waals surface area contributed by atoms with Gasteiger partial charge in [-0.3, -0.25) is 9.10 Å². The van der Waals surface area contributed by atoms with Crippen molar-refractivity contribution in [3.63, 3.8) is 0 Å². The number of carbonyl (C=O) groups excluding carboxylic acids is 1. The van der Waals surface area contributed by atoms with Gasteiger partial charge >= 0.3 is 0 Å². The second kappa shape index (κ2) is 8.71. The number of anilines is 1. The van der Waals surface area contributed by atoms with E-state index in [1.165, 1.54) is 13.2 Å². The molecule has 0 aromatic heterocycles. The van der Waals surface area contributed by atoms with Gasteiger partial charge in [0.05, 0.1) is 24.1 Å². The van der Waals surface area contributed by atoms with E-state index in [4.69, 9.17) is 16.3 Å². The Morgan fingerprint density at radius 1 is 1.07 bits per heavy atom. The molecule has 29 heavy (non-hydrogen) atoms. The van der Waals surface area contributed by atoms with Crippen molar-refractivity contribution in [1.29, 1.82) is 0 Å². The lowest BCUT2D eigenvalue weighted by atomic mass is 10.1. The average molecular weight is 433 g/mol. The van der Waals surface area contributed by atoms with Crippen LogP contribution in [0.25, 0.3) is 10.8 Å². The van der Waals surface area contributed by atoms with Gasteiger partial charge in [0.15, 0.2) is 0 Å². The second-order valence-electron chi connectivity index (χ2n) is 6.55. The van der Waals surface area contributed by atoms with Crippen LogP contribution >= 0.6 is 11.6 Å². The van der Waals surface area contributed by atoms with Crippen LogP contribution in [0.1, 0.15) is 5.56 Å². The number of amides is 1. The molecule has 0 saturated carbocycles. The maximum Gasteiger partial charge on any atom is 0.241 e. The number of ether oxygens (including phenoxy) is 1. The van der Waals surface area contributed by atoms with Gasteiger partial charge in [-0.25, -0.2) is 8.42 Å². The molecule has 3 rings (SSSR count). The lowest BCUT2D eigenvalue weighted by molar-refractivity contribution is -0.119. The molecule has 0 aliphatic carbocycles. The first-order valence-corrected chi connectivity index (χ1v) is 11.1. The summed E-state index contributed by atoms with van der Waals surface area (Å²) in [5, 5.41) is 5.22. The van der Waals surface area contributed by atoms with Gasteiger partial charge in [0.2, 0.25) is 15.9 Å². The number of nitrogens with zero attached hydrogens (tertiary/aromatic N) is 1. The van der Waals surface area contributed by atoms with Gasteiger partial charge < -0.3 is 10.1 Å². The summed E-state index contributed by atoms with van der Waals surface area (Å²) < 4.78 is 30.5. The quantitative estimate of drug-likeness (QED) is 0.619. The molecule has 152 valence electrons. The van der Waals surface area contributed by atoms with E-state index in [2.05, 4.69) is 5.32 Å². The van der Waals surface area contributed by atoms with Crippen molar-refractivity contribution in [2.24, 2.45) is 0 Å². The average Bonchev–Trinajstić information content (AvgIpc) is 2.69. The van der Waals surface area contributed by atoms with Crippen molar-refractivity contribution in [2.45, 2.75) is 6.54 Å². The van der Waals surface area contributed by atoms with Crippen molar-refractivity contribution in [3.8, 4) is 5.75 Å². The Hall–Kier alpha value is -2.77. The number of halogens is 1. The zero-order valence-electron chi connectivity index (χ0n) is 16.1. The Morgan fingerprint density at radius 2 is 1.79 bits per heavy atom. The van der Waals surface area contributed by atoms with Crippen LogP contribution in [0.3, 0.4) is 0 Å². The minimum atomic E-state index is -3.69. The standard InChI is InChI=1S/C21H21ClN2O4S/c1-28-20-10-9-18(12-19(20)22)24(29(2,26)27)14-21(25)23-13-15-7-8-16-5-3-4-6-17(16)11-15/h3-12H,13-14H2,1-2H3,(H,23,25). The fourth-order valence-electron chi connectivity index (χ4n) is 2.95. The number of hydrogen-bond donors (Lipinski definition) is 1. The number of sulfonamides is 1. The highest BCUT2D eigenvalue weighted by molar-refractivity contribution is 7.92. The molecule has 0 aliphatic heterocycles. The minimum Gasteiger partial charge on any atom is -0.495 e. The zero-order chi connectivity index (χ0) is 21.0. The molecule has 6 nitrogen and oxygen atoms in total. The summed E-state index contributed by atoms with van der Waals surface area (Å²) in [6, 6.07) is 18.4. The van der Waals surface area contributed by atoms with E-state index in [0.29, 0.717) is 18.0 Å². The number of carbonyl (C=O) groups is 1. The summed E-state index contributed by atoms with van der Waals surface area (Å²) >= 11 is 6.10. The minimum absolute atomic E-state index is 0.259. The lowest BCUT2D eigenvalue weighted by Gasteiger charge is -2.22. The first-order valence-electron chi connectivity index (χ1n) is 8.83. The Bertz CT molecular complexity index is 1150. The van der Waals surface area contributed by atoms with E-state index < -0.39 is 15.9 Å². The van der Waals surface area contributed by atoms with Crippen molar-refractivity contribution in [2.75, 3.05) is 24.2 Å². The van der Waals surface area contributed by atoms with Gasteiger partial charge in [0.1, 0.15) is 12.3 Å². The van der Waals surface area contributed by atoms with Crippen molar-refractivity contribution >= 4 is 44.0 Å². The number of benzene rings is 3. The third-order valence-corrected chi connectivity index (χ3v) is 5.85. The summed E-state index contributed by atoms with van der Waals surface area (Å²) in [5.41, 5.74) is 1.22. The summed E-state index contributed by atoms with van der Waals surface area (Å²) in [6.07, 6.45) is 1.04. The molecule has 0 saturated heterocycles. The van der Waals surface area contributed by atoms with Crippen LogP contribution in [0, 0.1) is 0 Å². The fourth-order valence-corrected chi connectivity index (χ4v) is 4.05. The summed E-state index contributed by atoms with van der Waals surface area (Å²) in [7, 11) is -2.22. The van der Waals surface area contributed by atoms with Gasteiger partial charge in [0, 0.05) is 6.54 Å². The van der Waals surface area contributed by atoms with Gasteiger partial charge in [-0.05, 0) is 40.6 Å². The number of rotatable bonds is 7. The molecule has 0 atom stereocenters. The number of hydrogen-bond acceptors (Lipinski definition) is 4. The molecule has 1 N–H and O–H groups in total. The number of nitrogens with one attached hydrogen (secondary N) is 1. The van der Waals surface area contributed by atoms with Gasteiger partial charge in [0.25, 0.3) is 0 Å². The predicted octanol–water partition coefficient (Wildman–Crippen LogP) is 3.58. The molecule has 3 aromatic rings. The first-order chi connectivity index (χ1) is 13.8. The number of methoxy groups -OCH3 is 1. The van der Waals surface area contributed by atoms with E-state index >= 15 is 0 Å². The molecule has 0 unspecified atom stereocenters. The van der Waals surface area contributed by atoms with Crippen LogP contribution in [-0.2, 0) is 21.4 Å². The maximum absolute atomic E-state index is 12.4. The summed E-state index contributed by atoms with van der Waals surface area (Å²) in [5.74, 6) is 0.000137. The van der Waals surface area contributed by atoms with Crippen LogP contribution in [-0.4, -0.2) is 34.2 Å². The topological polar surface area (TPSA) is 75.7 Å². The van der Waals surface area contributed by atoms with Crippen LogP contribution in [0.5, 0.6) is 5.75 Å². The van der Waals surface area contributed by atoms with Crippen molar-refractivity contribution in [1.82, 2.24) is 5.32 Å². The molecule has 0 heterocycles. The van der Waals surface area contributed by atoms with E-state index in [9.17, 15) is 13.2 Å². The fraction of sp³-hybridized carbons (Fsp3) is 0.190. The zero-order valence-corrected chi connectivity index (χ0v) is 17.6. The molecule has 0 spiro atoms. The molecule has 0 bridgehead atoms.